The van der Waals surface area contributed by atoms with Gasteiger partial charge in [-0.1, -0.05) is 11.6 Å². The number of amides is 1. The van der Waals surface area contributed by atoms with Crippen LogP contribution in [0.15, 0.2) is 24.3 Å². The fourth-order valence-corrected chi connectivity index (χ4v) is 4.19. The minimum Gasteiger partial charge on any atom is -0.458 e. The monoisotopic (exact) mass is 435 g/mol. The first-order valence-electron chi connectivity index (χ1n) is 10.1. The summed E-state index contributed by atoms with van der Waals surface area (Å²) in [7, 11) is 1.64. The number of carbonyl (C=O) groups excluding carboxylic acids is 2. The number of methoxy groups -OCH3 is 1. The minimum atomic E-state index is -1.30. The molecule has 1 fully saturated rings. The average molecular weight is 436 g/mol. The zero-order valence-electron chi connectivity index (χ0n) is 17.9. The molecule has 0 spiro atoms. The molecule has 1 aliphatic carbocycles. The molecular weight excluding hydrogens is 406 g/mol. The molecule has 1 aliphatic rings. The van der Waals surface area contributed by atoms with E-state index in [1.165, 1.54) is 0 Å². The number of carbonyl (C=O) groups is 2. The van der Waals surface area contributed by atoms with Gasteiger partial charge < -0.3 is 25.5 Å². The van der Waals surface area contributed by atoms with Crippen LogP contribution in [0.4, 0.5) is 0 Å². The Labute approximate surface area is 181 Å². The van der Waals surface area contributed by atoms with Crippen molar-refractivity contribution >= 4 is 34.4 Å². The number of nitrogens with two attached hydrogens (primary N) is 1. The molecule has 3 rings (SSSR count). The Balaban J connectivity index is 1.89. The largest absolute Gasteiger partial charge is 0.458 e. The van der Waals surface area contributed by atoms with Gasteiger partial charge >= 0.3 is 5.97 Å². The smallest absolute Gasteiger partial charge is 0.334 e. The van der Waals surface area contributed by atoms with Crippen molar-refractivity contribution in [1.82, 2.24) is 10.3 Å². The summed E-state index contributed by atoms with van der Waals surface area (Å²) in [6, 6.07) is 6.44. The van der Waals surface area contributed by atoms with E-state index in [0.29, 0.717) is 36.6 Å². The van der Waals surface area contributed by atoms with Crippen LogP contribution in [0.25, 0.3) is 10.9 Å². The maximum atomic E-state index is 13.2. The maximum Gasteiger partial charge on any atom is 0.334 e. The molecule has 3 atom stereocenters. The number of nitrogens with one attached hydrogen (secondary N) is 2. The molecule has 1 amide bonds. The Morgan fingerprint density at radius 1 is 1.33 bits per heavy atom. The molecule has 30 heavy (non-hydrogen) atoms. The Kier molecular flexibility index (Phi) is 6.45. The number of benzene rings is 1. The molecule has 3 unspecified atom stereocenters. The maximum absolute atomic E-state index is 13.2. The highest BCUT2D eigenvalue weighted by molar-refractivity contribution is 6.31. The summed E-state index contributed by atoms with van der Waals surface area (Å²) in [6.07, 6.45) is 1.63. The molecule has 0 radical (unpaired) electrons. The number of esters is 1. The van der Waals surface area contributed by atoms with E-state index in [4.69, 9.17) is 26.8 Å². The first kappa shape index (κ1) is 22.6. The summed E-state index contributed by atoms with van der Waals surface area (Å²) in [6.45, 7) is 5.95. The summed E-state index contributed by atoms with van der Waals surface area (Å²) in [5.41, 5.74) is 5.59. The summed E-state index contributed by atoms with van der Waals surface area (Å²) in [5.74, 6) is -0.688. The number of halogens is 1. The predicted molar refractivity (Wildman–Crippen MR) is 117 cm³/mol. The van der Waals surface area contributed by atoms with E-state index in [9.17, 15) is 9.59 Å². The minimum absolute atomic E-state index is 0.229. The number of aromatic amines is 1. The van der Waals surface area contributed by atoms with Crippen molar-refractivity contribution in [3.63, 3.8) is 0 Å². The van der Waals surface area contributed by atoms with Crippen molar-refractivity contribution in [1.29, 1.82) is 0 Å². The Morgan fingerprint density at radius 2 is 2.07 bits per heavy atom. The Bertz CT molecular complexity index is 936. The fourth-order valence-electron chi connectivity index (χ4n) is 4.01. The molecule has 0 bridgehead atoms. The van der Waals surface area contributed by atoms with E-state index in [-0.39, 0.29) is 5.92 Å². The molecular formula is C22H30ClN3O4. The number of hydrogen-bond acceptors (Lipinski definition) is 5. The SMILES string of the molecule is COCC1CCC(NC(=O)c2cc3cc(Cl)ccc3[nH]2)(C(=O)OC(C)(C)C)C(N)C1. The third-order valence-corrected chi connectivity index (χ3v) is 5.73. The van der Waals surface area contributed by atoms with Crippen LogP contribution in [-0.4, -0.2) is 47.8 Å². The third kappa shape index (κ3) is 4.79. The standard InChI is InChI=1S/C22H30ClN3O4/c1-21(2,3)30-20(28)22(8-7-13(12-29-4)9-18(22)24)26-19(27)17-11-14-10-15(23)5-6-16(14)25-17/h5-6,10-11,13,18,25H,7-9,12,24H2,1-4H3,(H,26,27). The fraction of sp³-hybridized carbons (Fsp3) is 0.545. The zero-order chi connectivity index (χ0) is 22.1. The van der Waals surface area contributed by atoms with E-state index < -0.39 is 29.1 Å². The number of H-pyrrole nitrogens is 1. The van der Waals surface area contributed by atoms with Gasteiger partial charge in [-0.15, -0.1) is 0 Å². The van der Waals surface area contributed by atoms with Crippen LogP contribution in [0.1, 0.15) is 50.5 Å². The van der Waals surface area contributed by atoms with Gasteiger partial charge in [0.15, 0.2) is 5.54 Å². The van der Waals surface area contributed by atoms with Crippen molar-refractivity contribution in [2.24, 2.45) is 11.7 Å². The molecule has 4 N–H and O–H groups in total. The number of rotatable bonds is 5. The molecule has 8 heteroatoms. The number of hydrogen-bond donors (Lipinski definition) is 3. The number of aromatic nitrogens is 1. The molecule has 1 saturated carbocycles. The lowest BCUT2D eigenvalue weighted by Gasteiger charge is -2.44. The first-order chi connectivity index (χ1) is 14.0. The average Bonchev–Trinajstić information content (AvgIpc) is 3.06. The van der Waals surface area contributed by atoms with Crippen LogP contribution < -0.4 is 11.1 Å². The highest BCUT2D eigenvalue weighted by atomic mass is 35.5. The van der Waals surface area contributed by atoms with Gasteiger partial charge in [0.05, 0.1) is 0 Å². The van der Waals surface area contributed by atoms with E-state index >= 15 is 0 Å². The highest BCUT2D eigenvalue weighted by Gasteiger charge is 2.51. The lowest BCUT2D eigenvalue weighted by Crippen LogP contribution is -2.68. The molecule has 0 aliphatic heterocycles. The molecule has 1 aromatic carbocycles. The van der Waals surface area contributed by atoms with Crippen LogP contribution in [0.5, 0.6) is 0 Å². The molecule has 0 saturated heterocycles. The second-order valence-corrected chi connectivity index (χ2v) is 9.48. The van der Waals surface area contributed by atoms with Crippen molar-refractivity contribution < 1.29 is 19.1 Å². The van der Waals surface area contributed by atoms with Crippen LogP contribution >= 0.6 is 11.6 Å². The molecule has 2 aromatic rings. The van der Waals surface area contributed by atoms with Gasteiger partial charge in [-0.3, -0.25) is 4.79 Å². The zero-order valence-corrected chi connectivity index (χ0v) is 18.6. The van der Waals surface area contributed by atoms with Crippen molar-refractivity contribution in [3.8, 4) is 0 Å². The first-order valence-corrected chi connectivity index (χ1v) is 10.5. The van der Waals surface area contributed by atoms with E-state index in [0.717, 1.165) is 10.9 Å². The van der Waals surface area contributed by atoms with Crippen molar-refractivity contribution in [2.45, 2.75) is 57.2 Å². The number of fused-ring (bicyclic) bond motifs is 1. The van der Waals surface area contributed by atoms with Gasteiger partial charge in [-0.05, 0) is 70.2 Å². The van der Waals surface area contributed by atoms with Gasteiger partial charge in [0, 0.05) is 35.7 Å². The summed E-state index contributed by atoms with van der Waals surface area (Å²) in [5, 5.41) is 4.31. The molecule has 1 heterocycles. The van der Waals surface area contributed by atoms with Crippen LogP contribution in [0.2, 0.25) is 5.02 Å². The second-order valence-electron chi connectivity index (χ2n) is 9.04. The summed E-state index contributed by atoms with van der Waals surface area (Å²) in [4.78, 5) is 29.4. The second kappa shape index (κ2) is 8.57. The van der Waals surface area contributed by atoms with Gasteiger partial charge in [0.1, 0.15) is 11.3 Å². The van der Waals surface area contributed by atoms with E-state index in [1.54, 1.807) is 52.1 Å². The third-order valence-electron chi connectivity index (χ3n) is 5.50. The lowest BCUT2D eigenvalue weighted by atomic mass is 9.73. The van der Waals surface area contributed by atoms with Gasteiger partial charge in [-0.25, -0.2) is 4.79 Å². The number of ether oxygens (including phenoxy) is 2. The molecule has 7 nitrogen and oxygen atoms in total. The molecule has 1 aromatic heterocycles. The van der Waals surface area contributed by atoms with Crippen molar-refractivity contribution in [3.05, 3.63) is 35.0 Å². The van der Waals surface area contributed by atoms with Crippen LogP contribution in [0.3, 0.4) is 0 Å². The lowest BCUT2D eigenvalue weighted by molar-refractivity contribution is -0.166. The summed E-state index contributed by atoms with van der Waals surface area (Å²) < 4.78 is 10.9. The van der Waals surface area contributed by atoms with Crippen molar-refractivity contribution in [2.75, 3.05) is 13.7 Å². The Morgan fingerprint density at radius 3 is 2.70 bits per heavy atom. The van der Waals surface area contributed by atoms with Crippen LogP contribution in [0, 0.1) is 5.92 Å². The topological polar surface area (TPSA) is 106 Å². The van der Waals surface area contributed by atoms with Gasteiger partial charge in [0.25, 0.3) is 5.91 Å². The highest BCUT2D eigenvalue weighted by Crippen LogP contribution is 2.34. The Hall–Kier alpha value is -2.09. The van der Waals surface area contributed by atoms with Gasteiger partial charge in [-0.2, -0.15) is 0 Å². The molecule has 164 valence electrons. The van der Waals surface area contributed by atoms with Crippen LogP contribution in [-0.2, 0) is 14.3 Å². The quantitative estimate of drug-likeness (QED) is 0.624. The van der Waals surface area contributed by atoms with Gasteiger partial charge in [0.2, 0.25) is 0 Å². The summed E-state index contributed by atoms with van der Waals surface area (Å²) >= 11 is 6.04. The van der Waals surface area contributed by atoms with E-state index in [2.05, 4.69) is 10.3 Å². The normalized spacial score (nSPS) is 24.6. The van der Waals surface area contributed by atoms with E-state index in [1.807, 2.05) is 0 Å². The predicted octanol–water partition coefficient (Wildman–Crippen LogP) is 3.41.